The number of pyridine rings is 1. The zero-order valence-electron chi connectivity index (χ0n) is 11.4. The third kappa shape index (κ3) is 3.70. The van der Waals surface area contributed by atoms with Crippen LogP contribution in [0.1, 0.15) is 30.3 Å². The molecule has 108 valence electrons. The van der Waals surface area contributed by atoms with Crippen molar-refractivity contribution in [3.63, 3.8) is 0 Å². The Labute approximate surface area is 123 Å². The maximum Gasteiger partial charge on any atom is 0.272 e. The number of hydrogen-bond acceptors (Lipinski definition) is 3. The molecule has 0 aromatic carbocycles. The van der Waals surface area contributed by atoms with Crippen LogP contribution in [0.2, 0.25) is 0 Å². The molecule has 0 bridgehead atoms. The zero-order valence-corrected chi connectivity index (χ0v) is 12.1. The minimum atomic E-state index is -0.525. The number of amides is 2. The first-order chi connectivity index (χ1) is 9.58. The summed E-state index contributed by atoms with van der Waals surface area (Å²) in [4.78, 5) is 29.5. The van der Waals surface area contributed by atoms with E-state index in [0.717, 1.165) is 12.8 Å². The van der Waals surface area contributed by atoms with Crippen molar-refractivity contribution in [2.45, 2.75) is 31.2 Å². The molecule has 0 radical (unpaired) electrons. The summed E-state index contributed by atoms with van der Waals surface area (Å²) in [5.74, 6) is -0.206. The predicted molar refractivity (Wildman–Crippen MR) is 76.6 cm³/mol. The summed E-state index contributed by atoms with van der Waals surface area (Å²) >= 11 is 5.72. The van der Waals surface area contributed by atoms with Crippen molar-refractivity contribution in [3.8, 4) is 0 Å². The van der Waals surface area contributed by atoms with E-state index in [4.69, 9.17) is 11.6 Å². The molecule has 1 aromatic rings. The van der Waals surface area contributed by atoms with Gasteiger partial charge in [-0.3, -0.25) is 14.6 Å². The second kappa shape index (κ2) is 6.70. The zero-order chi connectivity index (χ0) is 14.5. The van der Waals surface area contributed by atoms with E-state index in [2.05, 4.69) is 10.3 Å². The van der Waals surface area contributed by atoms with Gasteiger partial charge in [0.1, 0.15) is 11.1 Å². The Morgan fingerprint density at radius 3 is 2.65 bits per heavy atom. The number of aromatic nitrogens is 1. The minimum Gasteiger partial charge on any atom is -0.352 e. The molecular formula is C14H18ClN3O2. The second-order valence-corrected chi connectivity index (χ2v) is 5.56. The number of carbonyl (C=O) groups excluding carboxylic acids is 2. The van der Waals surface area contributed by atoms with Gasteiger partial charge in [-0.25, -0.2) is 0 Å². The number of nitrogens with one attached hydrogen (secondary N) is 1. The molecule has 1 atom stereocenters. The summed E-state index contributed by atoms with van der Waals surface area (Å²) in [6.45, 7) is 2.89. The Bertz CT molecular complexity index is 471. The first kappa shape index (κ1) is 14.8. The van der Waals surface area contributed by atoms with Crippen LogP contribution in [-0.4, -0.2) is 46.2 Å². The van der Waals surface area contributed by atoms with Gasteiger partial charge in [0, 0.05) is 25.3 Å². The van der Waals surface area contributed by atoms with Gasteiger partial charge in [0.2, 0.25) is 5.91 Å². The normalized spacial score (nSPS) is 17.6. The summed E-state index contributed by atoms with van der Waals surface area (Å²) < 4.78 is 0. The molecule has 5 nitrogen and oxygen atoms in total. The van der Waals surface area contributed by atoms with E-state index < -0.39 is 5.38 Å². The lowest BCUT2D eigenvalue weighted by molar-refractivity contribution is -0.121. The van der Waals surface area contributed by atoms with Crippen LogP contribution in [0.25, 0.3) is 0 Å². The van der Waals surface area contributed by atoms with Gasteiger partial charge in [0.25, 0.3) is 5.91 Å². The largest absolute Gasteiger partial charge is 0.352 e. The number of halogens is 1. The average molecular weight is 296 g/mol. The van der Waals surface area contributed by atoms with Gasteiger partial charge < -0.3 is 10.2 Å². The fourth-order valence-electron chi connectivity index (χ4n) is 2.19. The van der Waals surface area contributed by atoms with Crippen molar-refractivity contribution in [2.75, 3.05) is 13.1 Å². The molecule has 2 amide bonds. The summed E-state index contributed by atoms with van der Waals surface area (Å²) in [5.41, 5.74) is 0.462. The van der Waals surface area contributed by atoms with Crippen molar-refractivity contribution in [3.05, 3.63) is 30.1 Å². The molecule has 20 heavy (non-hydrogen) atoms. The van der Waals surface area contributed by atoms with E-state index in [9.17, 15) is 9.59 Å². The van der Waals surface area contributed by atoms with E-state index >= 15 is 0 Å². The molecule has 1 unspecified atom stereocenters. The molecule has 0 saturated carbocycles. The Morgan fingerprint density at radius 2 is 2.10 bits per heavy atom. The van der Waals surface area contributed by atoms with Gasteiger partial charge in [0.05, 0.1) is 0 Å². The predicted octanol–water partition coefficient (Wildman–Crippen LogP) is 1.43. The van der Waals surface area contributed by atoms with Crippen molar-refractivity contribution in [2.24, 2.45) is 0 Å². The number of carbonyl (C=O) groups is 2. The number of nitrogens with zero attached hydrogens (tertiary/aromatic N) is 2. The van der Waals surface area contributed by atoms with Gasteiger partial charge >= 0.3 is 0 Å². The Morgan fingerprint density at radius 1 is 1.40 bits per heavy atom. The van der Waals surface area contributed by atoms with E-state index in [-0.39, 0.29) is 17.9 Å². The van der Waals surface area contributed by atoms with Crippen LogP contribution >= 0.6 is 11.6 Å². The Kier molecular flexibility index (Phi) is 4.95. The van der Waals surface area contributed by atoms with Gasteiger partial charge in [-0.2, -0.15) is 0 Å². The van der Waals surface area contributed by atoms with Crippen LogP contribution in [0.3, 0.4) is 0 Å². The average Bonchev–Trinajstić information content (AvgIpc) is 2.48. The summed E-state index contributed by atoms with van der Waals surface area (Å²) in [5, 5.41) is 2.37. The number of likely N-dealkylation sites (tertiary alicyclic amines) is 1. The summed E-state index contributed by atoms with van der Waals surface area (Å²) in [6, 6.07) is 5.39. The fourth-order valence-corrected chi connectivity index (χ4v) is 2.26. The molecule has 1 aromatic heterocycles. The topological polar surface area (TPSA) is 62.3 Å². The molecule has 1 aliphatic heterocycles. The molecule has 1 fully saturated rings. The molecule has 0 spiro atoms. The van der Waals surface area contributed by atoms with Gasteiger partial charge in [0.15, 0.2) is 0 Å². The van der Waals surface area contributed by atoms with Crippen LogP contribution in [0, 0.1) is 0 Å². The standard InChI is InChI=1S/C14H18ClN3O2/c1-10(15)13(19)17-11-5-8-18(9-6-11)14(20)12-4-2-3-7-16-12/h2-4,7,10-11H,5-6,8-9H2,1H3,(H,17,19). The monoisotopic (exact) mass is 295 g/mol. The van der Waals surface area contributed by atoms with Crippen LogP contribution in [-0.2, 0) is 4.79 Å². The Balaban J connectivity index is 1.85. The fraction of sp³-hybridized carbons (Fsp3) is 0.500. The highest BCUT2D eigenvalue weighted by molar-refractivity contribution is 6.30. The number of rotatable bonds is 3. The second-order valence-electron chi connectivity index (χ2n) is 4.91. The lowest BCUT2D eigenvalue weighted by Gasteiger charge is -2.32. The van der Waals surface area contributed by atoms with E-state index in [0.29, 0.717) is 18.8 Å². The number of piperidine rings is 1. The third-order valence-corrected chi connectivity index (χ3v) is 3.57. The molecular weight excluding hydrogens is 278 g/mol. The smallest absolute Gasteiger partial charge is 0.272 e. The molecule has 2 rings (SSSR count). The minimum absolute atomic E-state index is 0.0545. The maximum atomic E-state index is 12.2. The maximum absolute atomic E-state index is 12.2. The van der Waals surface area contributed by atoms with Gasteiger partial charge in [-0.15, -0.1) is 11.6 Å². The number of hydrogen-bond donors (Lipinski definition) is 1. The van der Waals surface area contributed by atoms with E-state index in [1.54, 1.807) is 36.2 Å². The lowest BCUT2D eigenvalue weighted by Crippen LogP contribution is -2.47. The first-order valence-corrected chi connectivity index (χ1v) is 7.16. The summed E-state index contributed by atoms with van der Waals surface area (Å²) in [7, 11) is 0. The highest BCUT2D eigenvalue weighted by atomic mass is 35.5. The van der Waals surface area contributed by atoms with E-state index in [1.165, 1.54) is 0 Å². The molecule has 2 heterocycles. The highest BCUT2D eigenvalue weighted by Crippen LogP contribution is 2.13. The first-order valence-electron chi connectivity index (χ1n) is 6.72. The molecule has 1 saturated heterocycles. The molecule has 0 aliphatic carbocycles. The quantitative estimate of drug-likeness (QED) is 0.858. The van der Waals surface area contributed by atoms with Crippen molar-refractivity contribution >= 4 is 23.4 Å². The molecule has 1 N–H and O–H groups in total. The summed E-state index contributed by atoms with van der Waals surface area (Å²) in [6.07, 6.45) is 3.10. The highest BCUT2D eigenvalue weighted by Gasteiger charge is 2.25. The van der Waals surface area contributed by atoms with Gasteiger partial charge in [-0.1, -0.05) is 6.07 Å². The van der Waals surface area contributed by atoms with Crippen LogP contribution in [0.4, 0.5) is 0 Å². The molecule has 1 aliphatic rings. The van der Waals surface area contributed by atoms with Crippen LogP contribution in [0.5, 0.6) is 0 Å². The van der Waals surface area contributed by atoms with Crippen molar-refractivity contribution in [1.82, 2.24) is 15.2 Å². The van der Waals surface area contributed by atoms with Crippen molar-refractivity contribution in [1.29, 1.82) is 0 Å². The van der Waals surface area contributed by atoms with E-state index in [1.807, 2.05) is 0 Å². The SMILES string of the molecule is CC(Cl)C(=O)NC1CCN(C(=O)c2ccccn2)CC1. The third-order valence-electron chi connectivity index (χ3n) is 3.37. The molecule has 6 heteroatoms. The number of alkyl halides is 1. The van der Waals surface area contributed by atoms with Crippen molar-refractivity contribution < 1.29 is 9.59 Å². The Hall–Kier alpha value is -1.62. The lowest BCUT2D eigenvalue weighted by atomic mass is 10.0. The van der Waals surface area contributed by atoms with Crippen LogP contribution in [0.15, 0.2) is 24.4 Å². The van der Waals surface area contributed by atoms with Crippen LogP contribution < -0.4 is 5.32 Å². The van der Waals surface area contributed by atoms with Gasteiger partial charge in [-0.05, 0) is 31.9 Å².